The van der Waals surface area contributed by atoms with Crippen molar-refractivity contribution >= 4 is 24.0 Å². The molecule has 3 fully saturated rings. The van der Waals surface area contributed by atoms with E-state index < -0.39 is 11.7 Å². The molecule has 0 unspecified atom stereocenters. The largest absolute Gasteiger partial charge is 0.444 e. The summed E-state index contributed by atoms with van der Waals surface area (Å²) in [5.41, 5.74) is 1.01. The molecule has 2 aliphatic heterocycles. The van der Waals surface area contributed by atoms with Crippen LogP contribution in [0.1, 0.15) is 80.5 Å². The van der Waals surface area contributed by atoms with E-state index in [1.807, 2.05) is 39.6 Å². The molecule has 13 heteroatoms. The molecule has 0 spiro atoms. The molecule has 2 amide bonds. The van der Waals surface area contributed by atoms with Crippen molar-refractivity contribution in [2.45, 2.75) is 83.4 Å². The van der Waals surface area contributed by atoms with Gasteiger partial charge in [-0.15, -0.1) is 0 Å². The minimum absolute atomic E-state index is 0.0378. The fourth-order valence-electron chi connectivity index (χ4n) is 5.34. The lowest BCUT2D eigenvalue weighted by molar-refractivity contribution is 0.0508. The predicted octanol–water partition coefficient (Wildman–Crippen LogP) is 4.72. The fraction of sp³-hybridized carbons (Fsp3) is 0.562. The Hall–Kier alpha value is -4.29. The predicted molar refractivity (Wildman–Crippen MR) is 167 cm³/mol. The van der Waals surface area contributed by atoms with Crippen LogP contribution in [0.5, 0.6) is 0 Å². The second kappa shape index (κ2) is 13.8. The Morgan fingerprint density at radius 2 is 1.64 bits per heavy atom. The first-order valence-corrected chi connectivity index (χ1v) is 15.6. The Morgan fingerprint density at radius 1 is 1.00 bits per heavy atom. The maximum Gasteiger partial charge on any atom is 0.407 e. The number of hydrogen-bond donors (Lipinski definition) is 1. The number of hydrogen-bond acceptors (Lipinski definition) is 10. The van der Waals surface area contributed by atoms with E-state index in [0.717, 1.165) is 56.6 Å². The van der Waals surface area contributed by atoms with Gasteiger partial charge >= 0.3 is 12.1 Å². The van der Waals surface area contributed by atoms with E-state index in [1.54, 1.807) is 29.4 Å². The molecule has 3 aromatic rings. The number of ether oxygens (including phenoxy) is 1. The maximum atomic E-state index is 13.1. The number of alkyl carbamates (subject to hydrolysis) is 1. The highest BCUT2D eigenvalue weighted by Gasteiger charge is 2.32. The smallest absolute Gasteiger partial charge is 0.407 e. The average Bonchev–Trinajstić information content (AvgIpc) is 3.56. The lowest BCUT2D eigenvalue weighted by atomic mass is 10.0. The molecule has 45 heavy (non-hydrogen) atoms. The molecule has 1 saturated carbocycles. The number of aromatic nitrogens is 4. The molecule has 2 aromatic heterocycles. The maximum absolute atomic E-state index is 13.1. The SMILES string of the molecule is CN(C(=O)c1cnc(N2CC[C@@H](NC(=O)OC(C)(C)C)C2)nc1)C1CCN(c2nc(C3CC3)no2)CC1.Cc1ccc(F)cc1. The van der Waals surface area contributed by atoms with Gasteiger partial charge in [-0.25, -0.2) is 19.2 Å². The van der Waals surface area contributed by atoms with Gasteiger partial charge < -0.3 is 29.3 Å². The second-order valence-corrected chi connectivity index (χ2v) is 13.0. The summed E-state index contributed by atoms with van der Waals surface area (Å²) in [5.74, 6) is 1.57. The molecule has 3 aliphatic rings. The van der Waals surface area contributed by atoms with Gasteiger partial charge in [0.05, 0.1) is 11.6 Å². The number of rotatable bonds is 6. The van der Waals surface area contributed by atoms with Crippen LogP contribution in [-0.2, 0) is 4.74 Å². The van der Waals surface area contributed by atoms with Gasteiger partial charge in [-0.3, -0.25) is 4.79 Å². The standard InChI is InChI=1S/C25H36N8O4.C7H7F/c1-25(2,3)36-24(35)28-18-7-10-33(15-18)22-26-13-17(14-27-22)21(34)31(4)19-8-11-32(12-9-19)23-29-20(30-37-23)16-5-6-16;1-6-2-4-7(8)5-3-6/h13-14,16,18-19H,5-12,15H2,1-4H3,(H,28,35);2-5H,1H3/t18-;/m1./s1. The van der Waals surface area contributed by atoms with E-state index in [9.17, 15) is 14.0 Å². The molecule has 242 valence electrons. The first-order chi connectivity index (χ1) is 21.4. The van der Waals surface area contributed by atoms with Crippen molar-refractivity contribution in [2.24, 2.45) is 0 Å². The number of nitrogens with one attached hydrogen (secondary N) is 1. The van der Waals surface area contributed by atoms with Crippen molar-refractivity contribution in [1.29, 1.82) is 0 Å². The van der Waals surface area contributed by atoms with E-state index in [4.69, 9.17) is 9.26 Å². The zero-order chi connectivity index (χ0) is 32.1. The summed E-state index contributed by atoms with van der Waals surface area (Å²) in [5, 5.41) is 7.01. The Bertz CT molecular complexity index is 1410. The molecule has 6 rings (SSSR count). The van der Waals surface area contributed by atoms with Gasteiger partial charge in [0.1, 0.15) is 11.4 Å². The van der Waals surface area contributed by atoms with Crippen LogP contribution in [0.2, 0.25) is 0 Å². The number of piperidine rings is 1. The monoisotopic (exact) mass is 622 g/mol. The third kappa shape index (κ3) is 8.89. The molecule has 1 aliphatic carbocycles. The van der Waals surface area contributed by atoms with Crippen molar-refractivity contribution in [1.82, 2.24) is 30.3 Å². The van der Waals surface area contributed by atoms with E-state index in [1.165, 1.54) is 12.1 Å². The van der Waals surface area contributed by atoms with E-state index in [-0.39, 0.29) is 23.8 Å². The molecule has 12 nitrogen and oxygen atoms in total. The molecule has 1 N–H and O–H groups in total. The zero-order valence-corrected chi connectivity index (χ0v) is 26.7. The molecule has 4 heterocycles. The van der Waals surface area contributed by atoms with Crippen molar-refractivity contribution in [3.63, 3.8) is 0 Å². The van der Waals surface area contributed by atoms with Crippen LogP contribution in [0.3, 0.4) is 0 Å². The van der Waals surface area contributed by atoms with Gasteiger partial charge in [0.15, 0.2) is 5.82 Å². The van der Waals surface area contributed by atoms with Gasteiger partial charge in [0.2, 0.25) is 5.95 Å². The third-order valence-corrected chi connectivity index (χ3v) is 8.06. The zero-order valence-electron chi connectivity index (χ0n) is 26.7. The van der Waals surface area contributed by atoms with Crippen LogP contribution >= 0.6 is 0 Å². The minimum Gasteiger partial charge on any atom is -0.444 e. The highest BCUT2D eigenvalue weighted by molar-refractivity contribution is 5.93. The number of aryl methyl sites for hydroxylation is 1. The molecule has 1 aromatic carbocycles. The Kier molecular flexibility index (Phi) is 9.83. The normalized spacial score (nSPS) is 18.7. The van der Waals surface area contributed by atoms with Crippen molar-refractivity contribution in [3.05, 3.63) is 59.4 Å². The van der Waals surface area contributed by atoms with Gasteiger partial charge in [0.25, 0.3) is 5.91 Å². The molecular weight excluding hydrogens is 579 g/mol. The topological polar surface area (TPSA) is 130 Å². The average molecular weight is 623 g/mol. The van der Waals surface area contributed by atoms with E-state index in [2.05, 4.69) is 30.3 Å². The number of anilines is 2. The van der Waals surface area contributed by atoms with Crippen LogP contribution < -0.4 is 15.1 Å². The van der Waals surface area contributed by atoms with Crippen molar-refractivity contribution in [3.8, 4) is 0 Å². The van der Waals surface area contributed by atoms with Crippen LogP contribution in [0.4, 0.5) is 21.1 Å². The highest BCUT2D eigenvalue weighted by atomic mass is 19.1. The highest BCUT2D eigenvalue weighted by Crippen LogP contribution is 2.39. The van der Waals surface area contributed by atoms with E-state index in [0.29, 0.717) is 36.5 Å². The number of carbonyl (C=O) groups is 2. The Labute approximate surface area is 263 Å². The van der Waals surface area contributed by atoms with Gasteiger partial charge in [-0.1, -0.05) is 22.9 Å². The number of benzene rings is 1. The summed E-state index contributed by atoms with van der Waals surface area (Å²) in [4.78, 5) is 44.5. The van der Waals surface area contributed by atoms with Crippen LogP contribution in [-0.4, -0.2) is 87.9 Å². The first-order valence-electron chi connectivity index (χ1n) is 15.6. The summed E-state index contributed by atoms with van der Waals surface area (Å²) < 4.78 is 22.9. The van der Waals surface area contributed by atoms with Crippen LogP contribution in [0, 0.1) is 12.7 Å². The van der Waals surface area contributed by atoms with Gasteiger partial charge in [0, 0.05) is 57.6 Å². The quantitative estimate of drug-likeness (QED) is 0.412. The third-order valence-electron chi connectivity index (χ3n) is 8.06. The summed E-state index contributed by atoms with van der Waals surface area (Å²) in [7, 11) is 1.84. The lowest BCUT2D eigenvalue weighted by Crippen LogP contribution is -2.45. The van der Waals surface area contributed by atoms with Crippen LogP contribution in [0.25, 0.3) is 0 Å². The van der Waals surface area contributed by atoms with Crippen molar-refractivity contribution < 1.29 is 23.2 Å². The van der Waals surface area contributed by atoms with Crippen LogP contribution in [0.15, 0.2) is 41.2 Å². The summed E-state index contributed by atoms with van der Waals surface area (Å²) in [6, 6.07) is 7.07. The number of halogens is 1. The lowest BCUT2D eigenvalue weighted by Gasteiger charge is -2.35. The number of carbonyl (C=O) groups excluding carboxylic acids is 2. The van der Waals surface area contributed by atoms with Gasteiger partial charge in [-0.2, -0.15) is 4.98 Å². The molecule has 0 bridgehead atoms. The minimum atomic E-state index is -0.536. The summed E-state index contributed by atoms with van der Waals surface area (Å²) in [6.45, 7) is 10.3. The molecule has 2 saturated heterocycles. The Morgan fingerprint density at radius 3 is 2.24 bits per heavy atom. The summed E-state index contributed by atoms with van der Waals surface area (Å²) >= 11 is 0. The Balaban J connectivity index is 0.000000436. The molecule has 0 radical (unpaired) electrons. The second-order valence-electron chi connectivity index (χ2n) is 13.0. The fourth-order valence-corrected chi connectivity index (χ4v) is 5.34. The van der Waals surface area contributed by atoms with Crippen molar-refractivity contribution in [2.75, 3.05) is 43.0 Å². The number of nitrogens with zero attached hydrogens (tertiary/aromatic N) is 7. The van der Waals surface area contributed by atoms with E-state index >= 15 is 0 Å². The first kappa shape index (κ1) is 32.1. The summed E-state index contributed by atoms with van der Waals surface area (Å²) in [6.07, 6.45) is 7.45. The molecule has 1 atom stereocenters. The number of amides is 2. The molecular formula is C32H43FN8O4. The van der Waals surface area contributed by atoms with Gasteiger partial charge in [-0.05, 0) is 71.9 Å².